The lowest BCUT2D eigenvalue weighted by Gasteiger charge is -2.31. The first kappa shape index (κ1) is 29.7. The molecule has 0 saturated heterocycles. The van der Waals surface area contributed by atoms with Crippen molar-refractivity contribution in [2.75, 3.05) is 16.8 Å². The third-order valence-corrected chi connectivity index (χ3v) is 7.89. The molecule has 1 aliphatic rings. The average molecular weight is 606 g/mol. The number of hydrogen-bond acceptors (Lipinski definition) is 3. The number of halogens is 3. The first-order valence-electron chi connectivity index (χ1n) is 14.7. The van der Waals surface area contributed by atoms with Crippen molar-refractivity contribution in [2.45, 2.75) is 25.6 Å². The van der Waals surface area contributed by atoms with Gasteiger partial charge in [-0.1, -0.05) is 66.7 Å². The lowest BCUT2D eigenvalue weighted by Crippen LogP contribution is -2.25. The summed E-state index contributed by atoms with van der Waals surface area (Å²) < 4.78 is 39.1. The lowest BCUT2D eigenvalue weighted by atomic mass is 9.98. The Bertz CT molecular complexity index is 1830. The zero-order valence-corrected chi connectivity index (χ0v) is 24.3. The number of benzene rings is 5. The van der Waals surface area contributed by atoms with Gasteiger partial charge in [0, 0.05) is 41.3 Å². The van der Waals surface area contributed by atoms with Crippen molar-refractivity contribution < 1.29 is 22.8 Å². The molecular weight excluding hydrogens is 575 g/mol. The Morgan fingerprint density at radius 2 is 1.49 bits per heavy atom. The number of anilines is 3. The highest BCUT2D eigenvalue weighted by molar-refractivity contribution is 6.09. The number of rotatable bonds is 7. The number of fused-ring (bicyclic) bond motifs is 1. The Morgan fingerprint density at radius 1 is 0.756 bits per heavy atom. The fourth-order valence-corrected chi connectivity index (χ4v) is 5.59. The van der Waals surface area contributed by atoms with Gasteiger partial charge in [0.15, 0.2) is 0 Å². The monoisotopic (exact) mass is 605 g/mol. The van der Waals surface area contributed by atoms with Crippen molar-refractivity contribution in [3.63, 3.8) is 0 Å². The van der Waals surface area contributed by atoms with Gasteiger partial charge < -0.3 is 15.5 Å². The second-order valence-electron chi connectivity index (χ2n) is 10.9. The Hall–Kier alpha value is -5.37. The largest absolute Gasteiger partial charge is 0.416 e. The fourth-order valence-electron chi connectivity index (χ4n) is 5.59. The molecule has 45 heavy (non-hydrogen) atoms. The Morgan fingerprint density at radius 3 is 2.27 bits per heavy atom. The van der Waals surface area contributed by atoms with Crippen LogP contribution in [0.3, 0.4) is 0 Å². The Balaban J connectivity index is 1.10. The van der Waals surface area contributed by atoms with Crippen LogP contribution in [-0.4, -0.2) is 18.4 Å². The molecule has 8 heteroatoms. The topological polar surface area (TPSA) is 61.4 Å². The highest BCUT2D eigenvalue weighted by Gasteiger charge is 2.30. The van der Waals surface area contributed by atoms with E-state index in [-0.39, 0.29) is 5.91 Å². The van der Waals surface area contributed by atoms with Crippen LogP contribution in [0.2, 0.25) is 0 Å². The summed E-state index contributed by atoms with van der Waals surface area (Å²) in [5.41, 5.74) is 5.96. The van der Waals surface area contributed by atoms with Crippen LogP contribution in [0.25, 0.3) is 11.1 Å². The van der Waals surface area contributed by atoms with Crippen LogP contribution in [0.4, 0.5) is 30.2 Å². The zero-order valence-electron chi connectivity index (χ0n) is 24.3. The van der Waals surface area contributed by atoms with Crippen LogP contribution in [0.1, 0.15) is 43.8 Å². The first-order valence-corrected chi connectivity index (χ1v) is 14.7. The van der Waals surface area contributed by atoms with Gasteiger partial charge in [0.2, 0.25) is 0 Å². The molecule has 0 atom stereocenters. The number of para-hydroxylation sites is 1. The average Bonchev–Trinajstić information content (AvgIpc) is 3.07. The maximum Gasteiger partial charge on any atom is 0.416 e. The molecule has 1 aliphatic heterocycles. The number of alkyl halides is 3. The minimum absolute atomic E-state index is 0.287. The van der Waals surface area contributed by atoms with Gasteiger partial charge in [0.1, 0.15) is 0 Å². The molecule has 0 saturated carbocycles. The smallest absolute Gasteiger partial charge is 0.348 e. The highest BCUT2D eigenvalue weighted by Crippen LogP contribution is 2.34. The van der Waals surface area contributed by atoms with Crippen molar-refractivity contribution in [1.29, 1.82) is 0 Å². The predicted molar refractivity (Wildman–Crippen MR) is 171 cm³/mol. The van der Waals surface area contributed by atoms with Crippen molar-refractivity contribution >= 4 is 28.9 Å². The molecular formula is C37H30F3N3O2. The van der Waals surface area contributed by atoms with E-state index in [0.717, 1.165) is 42.8 Å². The van der Waals surface area contributed by atoms with E-state index in [1.165, 1.54) is 23.4 Å². The number of amides is 2. The standard InChI is InChI=1S/C37H30F3N3O2/c38-37(39,40)29-18-16-26(17-19-29)32-11-2-3-12-33(32)36(45)42-30-10-5-8-28(23-30)35(44)41-24-25-14-20-31(21-15-25)43-22-6-9-27-7-1-4-13-34(27)43/h1-5,7-8,10-21,23H,6,9,22,24H2,(H,41,44)(H,42,45). The van der Waals surface area contributed by atoms with Crippen molar-refractivity contribution in [1.82, 2.24) is 5.32 Å². The number of carbonyl (C=O) groups excluding carboxylic acids is 2. The summed E-state index contributed by atoms with van der Waals surface area (Å²) in [5, 5.41) is 5.76. The molecule has 226 valence electrons. The van der Waals surface area contributed by atoms with E-state index in [0.29, 0.717) is 34.5 Å². The molecule has 5 aromatic carbocycles. The quantitative estimate of drug-likeness (QED) is 0.195. The number of nitrogens with one attached hydrogen (secondary N) is 2. The maximum absolute atomic E-state index is 13.2. The molecule has 6 rings (SSSR count). The minimum atomic E-state index is -4.45. The lowest BCUT2D eigenvalue weighted by molar-refractivity contribution is -0.137. The van der Waals surface area contributed by atoms with Gasteiger partial charge in [-0.05, 0) is 89.7 Å². The molecule has 0 unspecified atom stereocenters. The summed E-state index contributed by atoms with van der Waals surface area (Å²) in [6.07, 6.45) is -2.27. The van der Waals surface area contributed by atoms with E-state index < -0.39 is 17.6 Å². The van der Waals surface area contributed by atoms with Crippen LogP contribution in [0, 0.1) is 0 Å². The molecule has 2 amide bonds. The van der Waals surface area contributed by atoms with Crippen molar-refractivity contribution in [3.05, 3.63) is 149 Å². The van der Waals surface area contributed by atoms with Gasteiger partial charge in [-0.3, -0.25) is 9.59 Å². The number of nitrogens with zero attached hydrogens (tertiary/aromatic N) is 1. The highest BCUT2D eigenvalue weighted by atomic mass is 19.4. The number of aryl methyl sites for hydroxylation is 1. The molecule has 0 fully saturated rings. The van der Waals surface area contributed by atoms with Crippen molar-refractivity contribution in [2.24, 2.45) is 0 Å². The molecule has 5 nitrogen and oxygen atoms in total. The van der Waals surface area contributed by atoms with E-state index in [9.17, 15) is 22.8 Å². The van der Waals surface area contributed by atoms with E-state index in [1.54, 1.807) is 48.5 Å². The molecule has 0 spiro atoms. The van der Waals surface area contributed by atoms with Crippen LogP contribution in [0.15, 0.2) is 121 Å². The fraction of sp³-hybridized carbons (Fsp3) is 0.135. The minimum Gasteiger partial charge on any atom is -0.348 e. The molecule has 0 bridgehead atoms. The van der Waals surface area contributed by atoms with Crippen LogP contribution >= 0.6 is 0 Å². The van der Waals surface area contributed by atoms with Gasteiger partial charge in [0.25, 0.3) is 11.8 Å². The Labute approximate surface area is 259 Å². The summed E-state index contributed by atoms with van der Waals surface area (Å²) >= 11 is 0. The van der Waals surface area contributed by atoms with E-state index in [1.807, 2.05) is 12.1 Å². The summed E-state index contributed by atoms with van der Waals surface area (Å²) in [6.45, 7) is 1.30. The van der Waals surface area contributed by atoms with Gasteiger partial charge in [0.05, 0.1) is 5.56 Å². The first-order chi connectivity index (χ1) is 21.8. The molecule has 5 aromatic rings. The van der Waals surface area contributed by atoms with Gasteiger partial charge in [-0.15, -0.1) is 0 Å². The summed E-state index contributed by atoms with van der Waals surface area (Å²) in [6, 6.07) is 34.6. The molecule has 0 radical (unpaired) electrons. The Kier molecular flexibility index (Phi) is 8.38. The zero-order chi connectivity index (χ0) is 31.4. The van der Waals surface area contributed by atoms with Gasteiger partial charge in [-0.25, -0.2) is 0 Å². The molecule has 0 aliphatic carbocycles. The van der Waals surface area contributed by atoms with Crippen LogP contribution < -0.4 is 15.5 Å². The van der Waals surface area contributed by atoms with Crippen molar-refractivity contribution in [3.8, 4) is 11.1 Å². The third kappa shape index (κ3) is 6.75. The SMILES string of the molecule is O=C(NCc1ccc(N2CCCc3ccccc32)cc1)c1cccc(NC(=O)c2ccccc2-c2ccc(C(F)(F)F)cc2)c1. The predicted octanol–water partition coefficient (Wildman–Crippen LogP) is 8.64. The second-order valence-corrected chi connectivity index (χ2v) is 10.9. The maximum atomic E-state index is 13.2. The summed E-state index contributed by atoms with van der Waals surface area (Å²) in [4.78, 5) is 28.6. The van der Waals surface area contributed by atoms with Crippen LogP contribution in [0.5, 0.6) is 0 Å². The number of carbonyl (C=O) groups is 2. The summed E-state index contributed by atoms with van der Waals surface area (Å²) in [5.74, 6) is -0.732. The molecule has 1 heterocycles. The molecule has 2 N–H and O–H groups in total. The van der Waals surface area contributed by atoms with E-state index >= 15 is 0 Å². The van der Waals surface area contributed by atoms with E-state index in [2.05, 4.69) is 51.9 Å². The van der Waals surface area contributed by atoms with Crippen LogP contribution in [-0.2, 0) is 19.1 Å². The van der Waals surface area contributed by atoms with Gasteiger partial charge in [-0.2, -0.15) is 13.2 Å². The number of hydrogen-bond donors (Lipinski definition) is 2. The van der Waals surface area contributed by atoms with E-state index in [4.69, 9.17) is 0 Å². The van der Waals surface area contributed by atoms with Gasteiger partial charge >= 0.3 is 6.18 Å². The third-order valence-electron chi connectivity index (χ3n) is 7.89. The second kappa shape index (κ2) is 12.7. The molecule has 0 aromatic heterocycles. The summed E-state index contributed by atoms with van der Waals surface area (Å²) in [7, 11) is 0. The normalized spacial score (nSPS) is 12.7.